The number of aliphatic imine (C=N–C) groups is 1. The first-order chi connectivity index (χ1) is 10.8. The van der Waals surface area contributed by atoms with E-state index in [-0.39, 0.29) is 5.82 Å². The Morgan fingerprint density at radius 1 is 1.05 bits per heavy atom. The lowest BCUT2D eigenvalue weighted by Crippen LogP contribution is -2.39. The van der Waals surface area contributed by atoms with E-state index in [9.17, 15) is 4.39 Å². The number of pyridine rings is 1. The summed E-state index contributed by atoms with van der Waals surface area (Å²) in [6, 6.07) is 12.7. The minimum absolute atomic E-state index is 0.164. The summed E-state index contributed by atoms with van der Waals surface area (Å²) in [6.07, 6.45) is 3.24. The highest BCUT2D eigenvalue weighted by Crippen LogP contribution is 2.06. The van der Waals surface area contributed by atoms with Gasteiger partial charge in [-0.2, -0.15) is 0 Å². The number of nitrogens with one attached hydrogen (secondary N) is 2. The highest BCUT2D eigenvalue weighted by Gasteiger charge is 2.02. The van der Waals surface area contributed by atoms with Crippen LogP contribution in [-0.2, 0) is 12.8 Å². The third kappa shape index (κ3) is 5.16. The predicted molar refractivity (Wildman–Crippen MR) is 87.4 cm³/mol. The Kier molecular flexibility index (Phi) is 6.36. The van der Waals surface area contributed by atoms with Crippen molar-refractivity contribution in [2.45, 2.75) is 12.8 Å². The number of aromatic nitrogens is 1. The van der Waals surface area contributed by atoms with Gasteiger partial charge in [0.25, 0.3) is 0 Å². The Morgan fingerprint density at radius 3 is 2.45 bits per heavy atom. The molecule has 4 nitrogen and oxygen atoms in total. The van der Waals surface area contributed by atoms with E-state index in [1.54, 1.807) is 25.4 Å². The number of benzene rings is 1. The van der Waals surface area contributed by atoms with E-state index in [2.05, 4.69) is 20.6 Å². The molecule has 5 heteroatoms. The fraction of sp³-hybridized carbons (Fsp3) is 0.294. The normalized spacial score (nSPS) is 11.3. The van der Waals surface area contributed by atoms with Crippen LogP contribution in [0.25, 0.3) is 0 Å². The van der Waals surface area contributed by atoms with Gasteiger partial charge < -0.3 is 10.6 Å². The summed E-state index contributed by atoms with van der Waals surface area (Å²) in [6.45, 7) is 1.38. The molecule has 0 aliphatic rings. The van der Waals surface area contributed by atoms with Gasteiger partial charge in [-0.05, 0) is 30.2 Å². The number of rotatable bonds is 6. The molecule has 0 saturated carbocycles. The van der Waals surface area contributed by atoms with Crippen LogP contribution < -0.4 is 10.6 Å². The number of guanidine groups is 1. The van der Waals surface area contributed by atoms with Crippen molar-refractivity contribution in [2.24, 2.45) is 4.99 Å². The van der Waals surface area contributed by atoms with Gasteiger partial charge in [0.1, 0.15) is 5.82 Å². The second kappa shape index (κ2) is 8.77. The molecular weight excluding hydrogens is 279 g/mol. The van der Waals surface area contributed by atoms with Gasteiger partial charge in [0.15, 0.2) is 5.96 Å². The third-order valence-electron chi connectivity index (χ3n) is 3.27. The van der Waals surface area contributed by atoms with E-state index < -0.39 is 0 Å². The summed E-state index contributed by atoms with van der Waals surface area (Å²) < 4.78 is 13.5. The molecule has 0 aliphatic heterocycles. The molecule has 1 aromatic heterocycles. The molecule has 0 saturated heterocycles. The monoisotopic (exact) mass is 300 g/mol. The molecule has 0 spiro atoms. The molecule has 2 N–H and O–H groups in total. The number of nitrogens with zero attached hydrogens (tertiary/aromatic N) is 2. The average Bonchev–Trinajstić information content (AvgIpc) is 2.56. The van der Waals surface area contributed by atoms with Crippen LogP contribution in [0.2, 0.25) is 0 Å². The quantitative estimate of drug-likeness (QED) is 0.635. The molecule has 0 radical (unpaired) electrons. The Labute approximate surface area is 130 Å². The smallest absolute Gasteiger partial charge is 0.190 e. The average molecular weight is 300 g/mol. The van der Waals surface area contributed by atoms with Gasteiger partial charge >= 0.3 is 0 Å². The summed E-state index contributed by atoms with van der Waals surface area (Å²) in [4.78, 5) is 8.42. The molecule has 0 unspecified atom stereocenters. The maximum Gasteiger partial charge on any atom is 0.190 e. The summed E-state index contributed by atoms with van der Waals surface area (Å²) in [5, 5.41) is 6.41. The van der Waals surface area contributed by atoms with Crippen molar-refractivity contribution < 1.29 is 4.39 Å². The zero-order chi connectivity index (χ0) is 15.6. The van der Waals surface area contributed by atoms with E-state index in [1.165, 1.54) is 6.07 Å². The maximum absolute atomic E-state index is 13.5. The summed E-state index contributed by atoms with van der Waals surface area (Å²) >= 11 is 0. The molecule has 1 heterocycles. The van der Waals surface area contributed by atoms with Crippen molar-refractivity contribution >= 4 is 5.96 Å². The van der Waals surface area contributed by atoms with E-state index in [1.807, 2.05) is 24.3 Å². The van der Waals surface area contributed by atoms with E-state index in [4.69, 9.17) is 0 Å². The minimum Gasteiger partial charge on any atom is -0.356 e. The van der Waals surface area contributed by atoms with Crippen LogP contribution in [0.4, 0.5) is 4.39 Å². The van der Waals surface area contributed by atoms with E-state index in [0.717, 1.165) is 18.7 Å². The van der Waals surface area contributed by atoms with Crippen molar-refractivity contribution in [3.63, 3.8) is 0 Å². The third-order valence-corrected chi connectivity index (χ3v) is 3.27. The van der Waals surface area contributed by atoms with Gasteiger partial charge in [-0.25, -0.2) is 4.39 Å². The van der Waals surface area contributed by atoms with Gasteiger partial charge in [-0.1, -0.05) is 24.3 Å². The Hall–Kier alpha value is -2.43. The first-order valence-electron chi connectivity index (χ1n) is 7.37. The zero-order valence-electron chi connectivity index (χ0n) is 12.7. The fourth-order valence-corrected chi connectivity index (χ4v) is 2.09. The van der Waals surface area contributed by atoms with Crippen LogP contribution >= 0.6 is 0 Å². The Bertz CT molecular complexity index is 599. The Morgan fingerprint density at radius 2 is 1.77 bits per heavy atom. The summed E-state index contributed by atoms with van der Waals surface area (Å²) in [7, 11) is 1.72. The van der Waals surface area contributed by atoms with Gasteiger partial charge in [0, 0.05) is 38.4 Å². The molecule has 0 amide bonds. The lowest BCUT2D eigenvalue weighted by Gasteiger charge is -2.12. The highest BCUT2D eigenvalue weighted by atomic mass is 19.1. The SMILES string of the molecule is CN=C(NCCc1ccccn1)NCCc1ccccc1F. The van der Waals surface area contributed by atoms with Crippen molar-refractivity contribution in [1.29, 1.82) is 0 Å². The zero-order valence-corrected chi connectivity index (χ0v) is 12.7. The second-order valence-electron chi connectivity index (χ2n) is 4.84. The first-order valence-corrected chi connectivity index (χ1v) is 7.37. The van der Waals surface area contributed by atoms with Gasteiger partial charge in [0.05, 0.1) is 0 Å². The standard InChI is InChI=1S/C17H21FN4/c1-19-17(22-13-10-15-7-4-5-11-20-15)21-12-9-14-6-2-3-8-16(14)18/h2-8,11H,9-10,12-13H2,1H3,(H2,19,21,22). The van der Waals surface area contributed by atoms with Crippen LogP contribution in [0.15, 0.2) is 53.7 Å². The molecular formula is C17H21FN4. The lowest BCUT2D eigenvalue weighted by atomic mass is 10.1. The Balaban J connectivity index is 1.70. The van der Waals surface area contributed by atoms with Crippen molar-refractivity contribution in [2.75, 3.05) is 20.1 Å². The van der Waals surface area contributed by atoms with Crippen LogP contribution in [0.1, 0.15) is 11.3 Å². The minimum atomic E-state index is -0.164. The molecule has 0 aliphatic carbocycles. The van der Waals surface area contributed by atoms with E-state index >= 15 is 0 Å². The van der Waals surface area contributed by atoms with Crippen LogP contribution in [0, 0.1) is 5.82 Å². The molecule has 0 fully saturated rings. The van der Waals surface area contributed by atoms with Crippen LogP contribution in [-0.4, -0.2) is 31.1 Å². The van der Waals surface area contributed by atoms with Crippen molar-refractivity contribution in [1.82, 2.24) is 15.6 Å². The predicted octanol–water partition coefficient (Wildman–Crippen LogP) is 2.17. The van der Waals surface area contributed by atoms with E-state index in [0.29, 0.717) is 24.5 Å². The lowest BCUT2D eigenvalue weighted by molar-refractivity contribution is 0.606. The number of hydrogen-bond donors (Lipinski definition) is 2. The molecule has 2 rings (SSSR count). The summed E-state index contributed by atoms with van der Waals surface area (Å²) in [5.41, 5.74) is 1.75. The molecule has 2 aromatic rings. The molecule has 1 aromatic carbocycles. The molecule has 22 heavy (non-hydrogen) atoms. The second-order valence-corrected chi connectivity index (χ2v) is 4.84. The number of hydrogen-bond acceptors (Lipinski definition) is 2. The van der Waals surface area contributed by atoms with Crippen LogP contribution in [0.5, 0.6) is 0 Å². The topological polar surface area (TPSA) is 49.3 Å². The van der Waals surface area contributed by atoms with Crippen molar-refractivity contribution in [3.8, 4) is 0 Å². The van der Waals surface area contributed by atoms with Crippen molar-refractivity contribution in [3.05, 3.63) is 65.7 Å². The molecule has 0 atom stereocenters. The van der Waals surface area contributed by atoms with Gasteiger partial charge in [-0.15, -0.1) is 0 Å². The largest absolute Gasteiger partial charge is 0.356 e. The molecule has 116 valence electrons. The molecule has 0 bridgehead atoms. The fourth-order valence-electron chi connectivity index (χ4n) is 2.09. The summed E-state index contributed by atoms with van der Waals surface area (Å²) in [5.74, 6) is 0.551. The van der Waals surface area contributed by atoms with Gasteiger partial charge in [0.2, 0.25) is 0 Å². The number of halogens is 1. The van der Waals surface area contributed by atoms with Crippen LogP contribution in [0.3, 0.4) is 0 Å². The first kappa shape index (κ1) is 15.9. The maximum atomic E-state index is 13.5. The highest BCUT2D eigenvalue weighted by molar-refractivity contribution is 5.79. The van der Waals surface area contributed by atoms with Gasteiger partial charge in [-0.3, -0.25) is 9.98 Å².